The quantitative estimate of drug-likeness (QED) is 0.848. The van der Waals surface area contributed by atoms with Gasteiger partial charge in [0.2, 0.25) is 5.95 Å². The molecule has 7 nitrogen and oxygen atoms in total. The van der Waals surface area contributed by atoms with Gasteiger partial charge in [-0.1, -0.05) is 13.8 Å². The second-order valence-corrected chi connectivity index (χ2v) is 6.33. The Morgan fingerprint density at radius 3 is 2.59 bits per heavy atom. The van der Waals surface area contributed by atoms with Crippen molar-refractivity contribution in [2.45, 2.75) is 40.2 Å². The number of nitrogens with one attached hydrogen (secondary N) is 2. The molecule has 2 aromatic heterocycles. The fourth-order valence-corrected chi connectivity index (χ4v) is 2.37. The SMILES string of the molecule is CCN(CC)CCNc1nc2c(cnn2C(C)(C)C)c(=O)[nH]1. The highest BCUT2D eigenvalue weighted by Crippen LogP contribution is 2.18. The van der Waals surface area contributed by atoms with Gasteiger partial charge in [0.1, 0.15) is 5.39 Å². The number of H-pyrrole nitrogens is 1. The first-order valence-corrected chi connectivity index (χ1v) is 7.81. The fraction of sp³-hybridized carbons (Fsp3) is 0.667. The summed E-state index contributed by atoms with van der Waals surface area (Å²) in [6.45, 7) is 14.1. The molecule has 0 spiro atoms. The third-order valence-electron chi connectivity index (χ3n) is 3.69. The van der Waals surface area contributed by atoms with E-state index >= 15 is 0 Å². The van der Waals surface area contributed by atoms with Crippen molar-refractivity contribution in [3.05, 3.63) is 16.6 Å². The molecule has 2 N–H and O–H groups in total. The second-order valence-electron chi connectivity index (χ2n) is 6.33. The highest BCUT2D eigenvalue weighted by atomic mass is 16.1. The van der Waals surface area contributed by atoms with Gasteiger partial charge in [-0.3, -0.25) is 9.78 Å². The molecule has 22 heavy (non-hydrogen) atoms. The molecule has 0 radical (unpaired) electrons. The van der Waals surface area contributed by atoms with Crippen LogP contribution in [0, 0.1) is 0 Å². The molecule has 0 fully saturated rings. The zero-order valence-corrected chi connectivity index (χ0v) is 14.1. The molecule has 0 aliphatic heterocycles. The molecule has 2 aromatic rings. The van der Waals surface area contributed by atoms with E-state index in [4.69, 9.17) is 0 Å². The molecular formula is C15H26N6O. The van der Waals surface area contributed by atoms with Gasteiger partial charge in [0.05, 0.1) is 11.7 Å². The van der Waals surface area contributed by atoms with Gasteiger partial charge in [0.25, 0.3) is 5.56 Å². The Morgan fingerprint density at radius 2 is 2.00 bits per heavy atom. The third-order valence-corrected chi connectivity index (χ3v) is 3.69. The molecule has 2 rings (SSSR count). The Morgan fingerprint density at radius 1 is 1.32 bits per heavy atom. The number of likely N-dealkylation sites (N-methyl/N-ethyl adjacent to an activating group) is 1. The van der Waals surface area contributed by atoms with Crippen molar-refractivity contribution in [1.82, 2.24) is 24.6 Å². The number of nitrogens with zero attached hydrogens (tertiary/aromatic N) is 4. The molecule has 0 bridgehead atoms. The van der Waals surface area contributed by atoms with Crippen LogP contribution in [0.15, 0.2) is 11.0 Å². The van der Waals surface area contributed by atoms with E-state index in [0.717, 1.165) is 26.2 Å². The smallest absolute Gasteiger partial charge is 0.263 e. The summed E-state index contributed by atoms with van der Waals surface area (Å²) >= 11 is 0. The Balaban J connectivity index is 2.23. The fourth-order valence-electron chi connectivity index (χ4n) is 2.37. The number of aromatic nitrogens is 4. The maximum Gasteiger partial charge on any atom is 0.263 e. The van der Waals surface area contributed by atoms with Gasteiger partial charge >= 0.3 is 0 Å². The minimum atomic E-state index is -0.221. The molecule has 0 saturated carbocycles. The van der Waals surface area contributed by atoms with Crippen LogP contribution >= 0.6 is 0 Å². The van der Waals surface area contributed by atoms with Crippen molar-refractivity contribution in [1.29, 1.82) is 0 Å². The van der Waals surface area contributed by atoms with Crippen LogP contribution in [-0.2, 0) is 5.54 Å². The average Bonchev–Trinajstić information content (AvgIpc) is 2.88. The van der Waals surface area contributed by atoms with Crippen LogP contribution < -0.4 is 10.9 Å². The lowest BCUT2D eigenvalue weighted by molar-refractivity contribution is 0.316. The van der Waals surface area contributed by atoms with Crippen molar-refractivity contribution in [3.63, 3.8) is 0 Å². The largest absolute Gasteiger partial charge is 0.354 e. The van der Waals surface area contributed by atoms with Crippen LogP contribution in [0.25, 0.3) is 11.0 Å². The number of aromatic amines is 1. The van der Waals surface area contributed by atoms with Crippen LogP contribution in [-0.4, -0.2) is 50.8 Å². The van der Waals surface area contributed by atoms with Gasteiger partial charge in [-0.15, -0.1) is 0 Å². The lowest BCUT2D eigenvalue weighted by Gasteiger charge is -2.20. The molecule has 0 amide bonds. The summed E-state index contributed by atoms with van der Waals surface area (Å²) in [4.78, 5) is 21.8. The number of rotatable bonds is 6. The lowest BCUT2D eigenvalue weighted by Crippen LogP contribution is -2.29. The predicted molar refractivity (Wildman–Crippen MR) is 89.4 cm³/mol. The number of anilines is 1. The van der Waals surface area contributed by atoms with E-state index in [-0.39, 0.29) is 11.1 Å². The number of hydrogen-bond acceptors (Lipinski definition) is 5. The Hall–Kier alpha value is -1.89. The van der Waals surface area contributed by atoms with E-state index in [1.54, 1.807) is 10.9 Å². The molecule has 0 saturated heterocycles. The zero-order chi connectivity index (χ0) is 16.3. The van der Waals surface area contributed by atoms with Crippen molar-refractivity contribution >= 4 is 17.0 Å². The van der Waals surface area contributed by atoms with Gasteiger partial charge in [-0.2, -0.15) is 10.1 Å². The van der Waals surface area contributed by atoms with E-state index in [1.165, 1.54) is 0 Å². The number of hydrogen-bond donors (Lipinski definition) is 2. The maximum absolute atomic E-state index is 12.1. The minimum absolute atomic E-state index is 0.161. The van der Waals surface area contributed by atoms with Crippen LogP contribution in [0.5, 0.6) is 0 Å². The van der Waals surface area contributed by atoms with Gasteiger partial charge in [-0.25, -0.2) is 4.68 Å². The highest BCUT2D eigenvalue weighted by molar-refractivity contribution is 5.74. The van der Waals surface area contributed by atoms with Crippen LogP contribution in [0.1, 0.15) is 34.6 Å². The molecular weight excluding hydrogens is 280 g/mol. The highest BCUT2D eigenvalue weighted by Gasteiger charge is 2.19. The molecule has 7 heteroatoms. The minimum Gasteiger partial charge on any atom is -0.354 e. The van der Waals surface area contributed by atoms with Crippen molar-refractivity contribution in [2.75, 3.05) is 31.5 Å². The second kappa shape index (κ2) is 6.48. The van der Waals surface area contributed by atoms with Crippen LogP contribution in [0.3, 0.4) is 0 Å². The van der Waals surface area contributed by atoms with Crippen LogP contribution in [0.2, 0.25) is 0 Å². The Labute approximate surface area is 130 Å². The van der Waals surface area contributed by atoms with Gasteiger partial charge < -0.3 is 10.2 Å². The molecule has 0 atom stereocenters. The molecule has 0 aliphatic carbocycles. The summed E-state index contributed by atoms with van der Waals surface area (Å²) in [5.41, 5.74) is 0.230. The molecule has 0 aromatic carbocycles. The van der Waals surface area contributed by atoms with E-state index in [2.05, 4.69) is 39.1 Å². The van der Waals surface area contributed by atoms with E-state index in [0.29, 0.717) is 17.0 Å². The molecule has 0 aliphatic rings. The standard InChI is InChI=1S/C15H26N6O/c1-6-20(7-2)9-8-16-14-18-12-11(13(22)19-14)10-17-21(12)15(3,4)5/h10H,6-9H2,1-5H3,(H2,16,18,19,22). The normalized spacial score (nSPS) is 12.3. The summed E-state index contributed by atoms with van der Waals surface area (Å²) < 4.78 is 1.78. The zero-order valence-electron chi connectivity index (χ0n) is 14.1. The first-order valence-electron chi connectivity index (χ1n) is 7.81. The first-order chi connectivity index (χ1) is 10.4. The van der Waals surface area contributed by atoms with Gasteiger partial charge in [0.15, 0.2) is 5.65 Å². The summed E-state index contributed by atoms with van der Waals surface area (Å²) in [6.07, 6.45) is 1.58. The summed E-state index contributed by atoms with van der Waals surface area (Å²) in [7, 11) is 0. The monoisotopic (exact) mass is 306 g/mol. The Bertz CT molecular complexity index is 677. The van der Waals surface area contributed by atoms with Crippen molar-refractivity contribution in [2.24, 2.45) is 0 Å². The average molecular weight is 306 g/mol. The van der Waals surface area contributed by atoms with E-state index in [9.17, 15) is 4.79 Å². The van der Waals surface area contributed by atoms with Gasteiger partial charge in [0, 0.05) is 13.1 Å². The first kappa shape index (κ1) is 16.5. The van der Waals surface area contributed by atoms with Crippen molar-refractivity contribution in [3.8, 4) is 0 Å². The van der Waals surface area contributed by atoms with E-state index < -0.39 is 0 Å². The maximum atomic E-state index is 12.1. The summed E-state index contributed by atoms with van der Waals surface area (Å²) in [5.74, 6) is 0.496. The summed E-state index contributed by atoms with van der Waals surface area (Å²) in [5, 5.41) is 8.02. The molecule has 2 heterocycles. The lowest BCUT2D eigenvalue weighted by atomic mass is 10.1. The topological polar surface area (TPSA) is 78.8 Å². The number of fused-ring (bicyclic) bond motifs is 1. The molecule has 0 unspecified atom stereocenters. The third kappa shape index (κ3) is 3.47. The van der Waals surface area contributed by atoms with Crippen molar-refractivity contribution < 1.29 is 0 Å². The Kier molecular flexibility index (Phi) is 4.85. The molecule has 122 valence electrons. The summed E-state index contributed by atoms with van der Waals surface area (Å²) in [6, 6.07) is 0. The van der Waals surface area contributed by atoms with E-state index in [1.807, 2.05) is 20.8 Å². The van der Waals surface area contributed by atoms with Crippen LogP contribution in [0.4, 0.5) is 5.95 Å². The van der Waals surface area contributed by atoms with Gasteiger partial charge in [-0.05, 0) is 33.9 Å². The predicted octanol–water partition coefficient (Wildman–Crippen LogP) is 1.63.